The summed E-state index contributed by atoms with van der Waals surface area (Å²) in [5.74, 6) is 1.27. The fourth-order valence-electron chi connectivity index (χ4n) is 8.22. The lowest BCUT2D eigenvalue weighted by atomic mass is 9.48. The molecule has 5 aliphatic rings. The summed E-state index contributed by atoms with van der Waals surface area (Å²) in [7, 11) is 0. The van der Waals surface area contributed by atoms with Gasteiger partial charge in [0.25, 0.3) is 0 Å². The van der Waals surface area contributed by atoms with Crippen LogP contribution < -0.4 is 0 Å². The van der Waals surface area contributed by atoms with Crippen molar-refractivity contribution in [2.24, 2.45) is 34.5 Å². The molecule has 160 valence electrons. The predicted octanol–water partition coefficient (Wildman–Crippen LogP) is 3.92. The highest BCUT2D eigenvalue weighted by atomic mass is 16.7. The van der Waals surface area contributed by atoms with Crippen LogP contribution in [0.15, 0.2) is 11.8 Å². The molecule has 5 nitrogen and oxygen atoms in total. The number of ketones is 1. The van der Waals surface area contributed by atoms with Gasteiger partial charge >= 0.3 is 0 Å². The first kappa shape index (κ1) is 19.7. The number of fused-ring (bicyclic) bond motifs is 5. The summed E-state index contributed by atoms with van der Waals surface area (Å²) in [5, 5.41) is 0. The Labute approximate surface area is 174 Å². The SMILES string of the molecule is CCN1C(=O)CCC2(C)C1=CCC1C2C(=O)CC2(C)C1CCC2C1(C)OCCO1. The predicted molar refractivity (Wildman–Crippen MR) is 109 cm³/mol. The van der Waals surface area contributed by atoms with Crippen LogP contribution in [-0.2, 0) is 19.1 Å². The number of amides is 1. The Hall–Kier alpha value is -1.20. The number of nitrogens with zero attached hydrogens (tertiary/aromatic N) is 1. The molecule has 5 heteroatoms. The van der Waals surface area contributed by atoms with Gasteiger partial charge in [0.2, 0.25) is 5.91 Å². The lowest BCUT2D eigenvalue weighted by Gasteiger charge is -2.58. The van der Waals surface area contributed by atoms with E-state index in [1.807, 2.05) is 11.8 Å². The molecule has 0 aromatic rings. The summed E-state index contributed by atoms with van der Waals surface area (Å²) in [4.78, 5) is 28.2. The standard InChI is InChI=1S/C24H35NO4/c1-5-25-19-9-6-15-16-7-8-18(24(4)28-12-13-29-24)23(16,3)14-17(26)21(15)22(19,2)11-10-20(25)27/h9,15-16,18,21H,5-8,10-14H2,1-4H3. The molecule has 0 spiro atoms. The minimum absolute atomic E-state index is 0.0414. The largest absolute Gasteiger partial charge is 0.348 e. The second kappa shape index (κ2) is 6.40. The van der Waals surface area contributed by atoms with Gasteiger partial charge < -0.3 is 14.4 Å². The van der Waals surface area contributed by atoms with Crippen molar-refractivity contribution in [2.75, 3.05) is 19.8 Å². The fourth-order valence-corrected chi connectivity index (χ4v) is 8.22. The zero-order valence-corrected chi connectivity index (χ0v) is 18.3. The molecular weight excluding hydrogens is 366 g/mol. The normalized spacial score (nSPS) is 46.2. The third kappa shape index (κ3) is 2.52. The van der Waals surface area contributed by atoms with Gasteiger partial charge in [-0.1, -0.05) is 19.9 Å². The molecule has 0 radical (unpaired) electrons. The summed E-state index contributed by atoms with van der Waals surface area (Å²) in [6.07, 6.45) is 7.42. The van der Waals surface area contributed by atoms with E-state index in [-0.39, 0.29) is 28.6 Å². The quantitative estimate of drug-likeness (QED) is 0.704. The van der Waals surface area contributed by atoms with Crippen molar-refractivity contribution in [3.05, 3.63) is 11.8 Å². The van der Waals surface area contributed by atoms with Crippen LogP contribution in [0.5, 0.6) is 0 Å². The van der Waals surface area contributed by atoms with Crippen LogP contribution in [0.25, 0.3) is 0 Å². The zero-order valence-electron chi connectivity index (χ0n) is 18.3. The van der Waals surface area contributed by atoms with Crippen LogP contribution in [0.2, 0.25) is 0 Å². The van der Waals surface area contributed by atoms with Gasteiger partial charge in [-0.3, -0.25) is 9.59 Å². The first-order chi connectivity index (χ1) is 13.7. The van der Waals surface area contributed by atoms with Crippen LogP contribution in [-0.4, -0.2) is 42.1 Å². The molecular formula is C24H35NO4. The van der Waals surface area contributed by atoms with Crippen molar-refractivity contribution in [2.45, 2.75) is 72.0 Å². The maximum atomic E-state index is 13.8. The molecule has 0 bridgehead atoms. The number of hydrogen-bond donors (Lipinski definition) is 0. The van der Waals surface area contributed by atoms with Gasteiger partial charge in [-0.2, -0.15) is 0 Å². The van der Waals surface area contributed by atoms with Gasteiger partial charge in [-0.15, -0.1) is 0 Å². The number of piperidine rings is 1. The van der Waals surface area contributed by atoms with Crippen LogP contribution in [0, 0.1) is 34.5 Å². The van der Waals surface area contributed by atoms with E-state index in [1.165, 1.54) is 0 Å². The molecule has 6 atom stereocenters. The minimum atomic E-state index is -0.549. The Morgan fingerprint density at radius 2 is 1.86 bits per heavy atom. The average molecular weight is 402 g/mol. The Morgan fingerprint density at radius 1 is 1.14 bits per heavy atom. The fraction of sp³-hybridized carbons (Fsp3) is 0.833. The summed E-state index contributed by atoms with van der Waals surface area (Å²) >= 11 is 0. The summed E-state index contributed by atoms with van der Waals surface area (Å²) < 4.78 is 12.1. The maximum absolute atomic E-state index is 13.8. The van der Waals surface area contributed by atoms with Crippen LogP contribution in [0.1, 0.15) is 66.2 Å². The molecule has 1 amide bonds. The first-order valence-corrected chi connectivity index (χ1v) is 11.6. The highest BCUT2D eigenvalue weighted by molar-refractivity contribution is 5.87. The minimum Gasteiger partial charge on any atom is -0.348 e. The molecule has 2 saturated carbocycles. The van der Waals surface area contributed by atoms with Gasteiger partial charge in [0.15, 0.2) is 5.79 Å². The molecule has 2 heterocycles. The molecule has 0 aromatic carbocycles. The molecule has 0 N–H and O–H groups in total. The number of Topliss-reactive ketones (excluding diaryl/α,β-unsaturated/α-hetero) is 1. The summed E-state index contributed by atoms with van der Waals surface area (Å²) in [6.45, 7) is 10.7. The van der Waals surface area contributed by atoms with E-state index in [2.05, 4.69) is 26.8 Å². The van der Waals surface area contributed by atoms with E-state index in [0.717, 1.165) is 31.4 Å². The molecule has 0 aromatic heterocycles. The van der Waals surface area contributed by atoms with Gasteiger partial charge in [0.1, 0.15) is 5.78 Å². The molecule has 5 rings (SSSR count). The second-order valence-corrected chi connectivity index (χ2v) is 10.6. The van der Waals surface area contributed by atoms with E-state index in [9.17, 15) is 9.59 Å². The van der Waals surface area contributed by atoms with E-state index in [4.69, 9.17) is 9.47 Å². The van der Waals surface area contributed by atoms with Crippen molar-refractivity contribution in [1.29, 1.82) is 0 Å². The van der Waals surface area contributed by atoms with E-state index >= 15 is 0 Å². The van der Waals surface area contributed by atoms with E-state index < -0.39 is 5.79 Å². The highest BCUT2D eigenvalue weighted by Gasteiger charge is 2.65. The van der Waals surface area contributed by atoms with Crippen molar-refractivity contribution < 1.29 is 19.1 Å². The van der Waals surface area contributed by atoms with E-state index in [1.54, 1.807) is 0 Å². The third-order valence-corrected chi connectivity index (χ3v) is 9.37. The van der Waals surface area contributed by atoms with Gasteiger partial charge in [0.05, 0.1) is 13.2 Å². The monoisotopic (exact) mass is 401 g/mol. The van der Waals surface area contributed by atoms with Crippen molar-refractivity contribution in [3.8, 4) is 0 Å². The van der Waals surface area contributed by atoms with Crippen molar-refractivity contribution in [1.82, 2.24) is 4.90 Å². The van der Waals surface area contributed by atoms with Crippen LogP contribution in [0.3, 0.4) is 0 Å². The van der Waals surface area contributed by atoms with Crippen LogP contribution in [0.4, 0.5) is 0 Å². The first-order valence-electron chi connectivity index (χ1n) is 11.6. The number of likely N-dealkylation sites (tertiary alicyclic amines) is 1. The van der Waals surface area contributed by atoms with Crippen molar-refractivity contribution in [3.63, 3.8) is 0 Å². The smallest absolute Gasteiger partial charge is 0.226 e. The van der Waals surface area contributed by atoms with Gasteiger partial charge in [-0.05, 0) is 56.8 Å². The molecule has 2 aliphatic heterocycles. The Balaban J connectivity index is 1.52. The Kier molecular flexibility index (Phi) is 4.36. The second-order valence-electron chi connectivity index (χ2n) is 10.6. The Morgan fingerprint density at radius 3 is 2.55 bits per heavy atom. The lowest BCUT2D eigenvalue weighted by molar-refractivity contribution is -0.213. The average Bonchev–Trinajstić information content (AvgIpc) is 3.25. The summed E-state index contributed by atoms with van der Waals surface area (Å²) in [6, 6.07) is 0. The third-order valence-electron chi connectivity index (χ3n) is 9.37. The number of ether oxygens (including phenoxy) is 2. The number of carbonyl (C=O) groups is 2. The highest BCUT2D eigenvalue weighted by Crippen LogP contribution is 2.66. The van der Waals surface area contributed by atoms with E-state index in [0.29, 0.717) is 50.2 Å². The van der Waals surface area contributed by atoms with Gasteiger partial charge in [-0.25, -0.2) is 0 Å². The zero-order chi connectivity index (χ0) is 20.6. The number of carbonyl (C=O) groups excluding carboxylic acids is 2. The number of hydrogen-bond acceptors (Lipinski definition) is 4. The van der Waals surface area contributed by atoms with Gasteiger partial charge in [0, 0.05) is 42.3 Å². The topological polar surface area (TPSA) is 55.8 Å². The molecule has 4 fully saturated rings. The van der Waals surface area contributed by atoms with Crippen molar-refractivity contribution >= 4 is 11.7 Å². The van der Waals surface area contributed by atoms with Crippen LogP contribution >= 0.6 is 0 Å². The molecule has 3 aliphatic carbocycles. The molecule has 6 unspecified atom stereocenters. The number of rotatable bonds is 2. The summed E-state index contributed by atoms with van der Waals surface area (Å²) in [5.41, 5.74) is 0.861. The maximum Gasteiger partial charge on any atom is 0.226 e. The Bertz CT molecular complexity index is 769. The molecule has 29 heavy (non-hydrogen) atoms. The number of allylic oxidation sites excluding steroid dienone is 2. The lowest BCUT2D eigenvalue weighted by Crippen LogP contribution is -2.58. The molecule has 2 saturated heterocycles.